The fourth-order valence-electron chi connectivity index (χ4n) is 8.98. The summed E-state index contributed by atoms with van der Waals surface area (Å²) in [5, 5.41) is 25.5. The molecule has 0 spiro atoms. The van der Waals surface area contributed by atoms with Crippen molar-refractivity contribution in [3.8, 4) is 11.1 Å². The summed E-state index contributed by atoms with van der Waals surface area (Å²) < 4.78 is 14.2. The molecule has 2 heterocycles. The van der Waals surface area contributed by atoms with Crippen molar-refractivity contribution in [2.24, 2.45) is 17.8 Å². The number of thioether (sulfide) groups is 1. The summed E-state index contributed by atoms with van der Waals surface area (Å²) in [5.41, 5.74) is 6.09. The van der Waals surface area contributed by atoms with Crippen LogP contribution in [0.25, 0.3) is 11.1 Å². The van der Waals surface area contributed by atoms with E-state index in [0.29, 0.717) is 13.0 Å². The SMILES string of the molecule is Cc1nnc(SCC2CC(c3ccc(CO)cc3)OC(c3cccc(-c4cccc(CNC(=O)NC56CC7CC(CC(C7)C5)C6)c4)c3)O2)s1. The number of aromatic nitrogens is 2. The van der Waals surface area contributed by atoms with Gasteiger partial charge in [-0.05, 0) is 103 Å². The Morgan fingerprint density at radius 2 is 1.59 bits per heavy atom. The number of hydrogen-bond donors (Lipinski definition) is 3. The molecule has 5 fully saturated rings. The Morgan fingerprint density at radius 3 is 2.29 bits per heavy atom. The van der Waals surface area contributed by atoms with Crippen molar-refractivity contribution in [2.75, 3.05) is 5.75 Å². The fourth-order valence-corrected chi connectivity index (χ4v) is 10.8. The summed E-state index contributed by atoms with van der Waals surface area (Å²) in [6, 6.07) is 24.7. The first-order chi connectivity index (χ1) is 23.9. The number of ether oxygens (including phenoxy) is 2. The van der Waals surface area contributed by atoms with Crippen LogP contribution in [0.5, 0.6) is 0 Å². The van der Waals surface area contributed by atoms with Crippen LogP contribution in [0.4, 0.5) is 4.79 Å². The molecule has 1 aromatic heterocycles. The van der Waals surface area contributed by atoms with E-state index in [4.69, 9.17) is 9.47 Å². The topological polar surface area (TPSA) is 106 Å². The molecule has 0 radical (unpaired) electrons. The van der Waals surface area contributed by atoms with Crippen LogP contribution in [0.1, 0.15) is 84.6 Å². The number of carbonyl (C=O) groups is 1. The molecule has 4 aromatic rings. The lowest BCUT2D eigenvalue weighted by Gasteiger charge is -2.56. The monoisotopic (exact) mass is 696 g/mol. The van der Waals surface area contributed by atoms with E-state index in [2.05, 4.69) is 69.4 Å². The van der Waals surface area contributed by atoms with Crippen LogP contribution < -0.4 is 10.6 Å². The smallest absolute Gasteiger partial charge is 0.315 e. The minimum atomic E-state index is -0.545. The molecular weight excluding hydrogens is 653 g/mol. The minimum Gasteiger partial charge on any atom is -0.392 e. The average Bonchev–Trinajstić information content (AvgIpc) is 3.54. The number of aryl methyl sites for hydroxylation is 1. The molecule has 8 nitrogen and oxygen atoms in total. The third kappa shape index (κ3) is 7.59. The Bertz CT molecular complexity index is 1740. The molecule has 1 saturated heterocycles. The van der Waals surface area contributed by atoms with Crippen molar-refractivity contribution in [2.45, 2.75) is 93.4 Å². The molecule has 49 heavy (non-hydrogen) atoms. The van der Waals surface area contributed by atoms with Crippen LogP contribution in [-0.4, -0.2) is 38.7 Å². The van der Waals surface area contributed by atoms with E-state index in [1.54, 1.807) is 23.1 Å². The zero-order valence-electron chi connectivity index (χ0n) is 27.8. The van der Waals surface area contributed by atoms with E-state index in [0.717, 1.165) is 85.5 Å². The van der Waals surface area contributed by atoms with Crippen molar-refractivity contribution in [3.63, 3.8) is 0 Å². The number of urea groups is 1. The second kappa shape index (κ2) is 14.2. The zero-order chi connectivity index (χ0) is 33.4. The number of carbonyl (C=O) groups excluding carboxylic acids is 1. The van der Waals surface area contributed by atoms with Gasteiger partial charge in [0, 0.05) is 29.8 Å². The standard InChI is InChI=1S/C39H44N4O4S2/c1-24-42-43-38(49-24)48-23-34-17-35(30-10-8-25(22-44)9-11-30)47-36(46-34)33-7-3-6-32(16-33)31-5-2-4-26(15-31)21-40-37(45)41-39-18-27-12-28(19-39)14-29(13-27)20-39/h2-11,15-16,27-29,34-36,44H,12-14,17-23H2,1H3,(H2,40,41,45). The molecule has 10 heteroatoms. The lowest BCUT2D eigenvalue weighted by atomic mass is 9.53. The molecule has 3 N–H and O–H groups in total. The molecule has 4 aliphatic carbocycles. The molecule has 3 aromatic carbocycles. The van der Waals surface area contributed by atoms with Gasteiger partial charge >= 0.3 is 6.03 Å². The maximum atomic E-state index is 13.1. The highest BCUT2D eigenvalue weighted by atomic mass is 32.2. The van der Waals surface area contributed by atoms with Gasteiger partial charge in [-0.25, -0.2) is 4.79 Å². The number of rotatable bonds is 10. The highest BCUT2D eigenvalue weighted by molar-refractivity contribution is 8.01. The van der Waals surface area contributed by atoms with Crippen molar-refractivity contribution in [3.05, 3.63) is 100 Å². The van der Waals surface area contributed by atoms with Crippen LogP contribution >= 0.6 is 23.1 Å². The van der Waals surface area contributed by atoms with Crippen LogP contribution in [-0.2, 0) is 22.6 Å². The predicted molar refractivity (Wildman–Crippen MR) is 192 cm³/mol. The minimum absolute atomic E-state index is 0.00105. The predicted octanol–water partition coefficient (Wildman–Crippen LogP) is 8.11. The fraction of sp³-hybridized carbons (Fsp3) is 0.462. The number of nitrogens with zero attached hydrogens (tertiary/aromatic N) is 2. The van der Waals surface area contributed by atoms with E-state index in [-0.39, 0.29) is 30.4 Å². The lowest BCUT2D eigenvalue weighted by molar-refractivity contribution is -0.245. The molecule has 2 amide bonds. The normalized spacial score (nSPS) is 28.8. The summed E-state index contributed by atoms with van der Waals surface area (Å²) >= 11 is 3.27. The zero-order valence-corrected chi connectivity index (χ0v) is 29.5. The van der Waals surface area contributed by atoms with Crippen LogP contribution in [0.3, 0.4) is 0 Å². The molecule has 1 aliphatic heterocycles. The van der Waals surface area contributed by atoms with Gasteiger partial charge in [-0.1, -0.05) is 83.8 Å². The largest absolute Gasteiger partial charge is 0.392 e. The van der Waals surface area contributed by atoms with Gasteiger partial charge in [-0.2, -0.15) is 0 Å². The van der Waals surface area contributed by atoms with Gasteiger partial charge in [0.1, 0.15) is 5.01 Å². The van der Waals surface area contributed by atoms with Gasteiger partial charge in [-0.15, -0.1) is 10.2 Å². The van der Waals surface area contributed by atoms with Crippen LogP contribution in [0.2, 0.25) is 0 Å². The van der Waals surface area contributed by atoms with E-state index in [1.165, 1.54) is 19.3 Å². The van der Waals surface area contributed by atoms with Gasteiger partial charge in [0.25, 0.3) is 0 Å². The first kappa shape index (κ1) is 32.9. The molecule has 256 valence electrons. The second-order valence-corrected chi connectivity index (χ2v) is 17.0. The molecule has 4 saturated carbocycles. The van der Waals surface area contributed by atoms with Gasteiger partial charge in [0.2, 0.25) is 0 Å². The van der Waals surface area contributed by atoms with Gasteiger partial charge in [0.15, 0.2) is 10.6 Å². The molecule has 3 atom stereocenters. The number of amides is 2. The summed E-state index contributed by atoms with van der Waals surface area (Å²) in [5.74, 6) is 3.12. The molecule has 9 rings (SSSR count). The molecule has 4 bridgehead atoms. The summed E-state index contributed by atoms with van der Waals surface area (Å²) in [4.78, 5) is 13.1. The van der Waals surface area contributed by atoms with E-state index >= 15 is 0 Å². The Morgan fingerprint density at radius 1 is 0.878 bits per heavy atom. The van der Waals surface area contributed by atoms with Crippen LogP contribution in [0, 0.1) is 24.7 Å². The maximum absolute atomic E-state index is 13.1. The second-order valence-electron chi connectivity index (χ2n) is 14.6. The number of benzene rings is 3. The third-order valence-electron chi connectivity index (χ3n) is 10.8. The Labute approximate surface area is 296 Å². The van der Waals surface area contributed by atoms with E-state index in [1.807, 2.05) is 31.2 Å². The molecular formula is C39H44N4O4S2. The number of aliphatic hydroxyl groups excluding tert-OH is 1. The van der Waals surface area contributed by atoms with Crippen LogP contribution in [0.15, 0.2) is 77.1 Å². The van der Waals surface area contributed by atoms with E-state index in [9.17, 15) is 9.90 Å². The average molecular weight is 697 g/mol. The Balaban J connectivity index is 0.950. The van der Waals surface area contributed by atoms with Crippen molar-refractivity contribution >= 4 is 29.1 Å². The van der Waals surface area contributed by atoms with Crippen molar-refractivity contribution < 1.29 is 19.4 Å². The number of aliphatic hydroxyl groups is 1. The Kier molecular flexibility index (Phi) is 9.50. The summed E-state index contributed by atoms with van der Waals surface area (Å²) in [6.45, 7) is 2.45. The highest BCUT2D eigenvalue weighted by Crippen LogP contribution is 2.55. The first-order valence-corrected chi connectivity index (χ1v) is 19.4. The summed E-state index contributed by atoms with van der Waals surface area (Å²) in [7, 11) is 0. The van der Waals surface area contributed by atoms with Crippen molar-refractivity contribution in [1.29, 1.82) is 0 Å². The van der Waals surface area contributed by atoms with Gasteiger partial charge < -0.3 is 25.2 Å². The van der Waals surface area contributed by atoms with Gasteiger partial charge in [-0.3, -0.25) is 0 Å². The van der Waals surface area contributed by atoms with Gasteiger partial charge in [0.05, 0.1) is 18.8 Å². The lowest BCUT2D eigenvalue weighted by Crippen LogP contribution is -2.61. The number of hydrogen-bond acceptors (Lipinski definition) is 8. The number of nitrogens with one attached hydrogen (secondary N) is 2. The first-order valence-electron chi connectivity index (χ1n) is 17.6. The van der Waals surface area contributed by atoms with E-state index < -0.39 is 6.29 Å². The molecule has 3 unspecified atom stereocenters. The Hall–Kier alpha value is -3.28. The third-order valence-corrected chi connectivity index (χ3v) is 12.9. The summed E-state index contributed by atoms with van der Waals surface area (Å²) in [6.07, 6.45) is 7.47. The maximum Gasteiger partial charge on any atom is 0.315 e. The molecule has 5 aliphatic rings. The quantitative estimate of drug-likeness (QED) is 0.144. The van der Waals surface area contributed by atoms with Crippen molar-refractivity contribution in [1.82, 2.24) is 20.8 Å². The highest BCUT2D eigenvalue weighted by Gasteiger charge is 2.51.